The molecule has 0 aliphatic heterocycles. The van der Waals surface area contributed by atoms with Gasteiger partial charge in [0.25, 0.3) is 0 Å². The van der Waals surface area contributed by atoms with Gasteiger partial charge in [-0.15, -0.1) is 0 Å². The van der Waals surface area contributed by atoms with E-state index < -0.39 is 0 Å². The summed E-state index contributed by atoms with van der Waals surface area (Å²) in [6.45, 7) is 2.57. The number of thioether (sulfide) groups is 1. The number of rotatable bonds is 7. The van der Waals surface area contributed by atoms with Crippen LogP contribution < -0.4 is 5.32 Å². The second kappa shape index (κ2) is 8.42. The average molecular weight is 301 g/mol. The van der Waals surface area contributed by atoms with Crippen molar-refractivity contribution >= 4 is 17.7 Å². The summed E-state index contributed by atoms with van der Waals surface area (Å²) in [5, 5.41) is 3.68. The van der Waals surface area contributed by atoms with Crippen molar-refractivity contribution in [2.24, 2.45) is 0 Å². The summed E-state index contributed by atoms with van der Waals surface area (Å²) >= 11 is 1.47. The molecule has 2 aromatic heterocycles. The van der Waals surface area contributed by atoms with E-state index in [4.69, 9.17) is 0 Å². The van der Waals surface area contributed by atoms with Gasteiger partial charge in [0.1, 0.15) is 0 Å². The molecule has 1 amide bonds. The van der Waals surface area contributed by atoms with Crippen LogP contribution in [0.5, 0.6) is 0 Å². The molecular formula is C16H19N3OS. The first-order chi connectivity index (χ1) is 10.3. The van der Waals surface area contributed by atoms with E-state index in [1.165, 1.54) is 11.8 Å². The van der Waals surface area contributed by atoms with Gasteiger partial charge in [0.05, 0.1) is 10.3 Å². The van der Waals surface area contributed by atoms with Crippen molar-refractivity contribution in [3.63, 3.8) is 0 Å². The molecule has 2 rings (SSSR count). The Kier molecular flexibility index (Phi) is 6.22. The Morgan fingerprint density at radius 1 is 1.19 bits per heavy atom. The highest BCUT2D eigenvalue weighted by Gasteiger charge is 2.14. The Labute approximate surface area is 129 Å². The van der Waals surface area contributed by atoms with Gasteiger partial charge in [-0.25, -0.2) is 4.98 Å². The van der Waals surface area contributed by atoms with Crippen LogP contribution in [0.3, 0.4) is 0 Å². The van der Waals surface area contributed by atoms with Gasteiger partial charge >= 0.3 is 0 Å². The number of carbonyl (C=O) groups is 1. The van der Waals surface area contributed by atoms with Crippen LogP contribution in [0.1, 0.15) is 19.0 Å². The molecule has 110 valence electrons. The Morgan fingerprint density at radius 2 is 1.95 bits per heavy atom. The van der Waals surface area contributed by atoms with E-state index >= 15 is 0 Å². The van der Waals surface area contributed by atoms with Crippen molar-refractivity contribution in [1.82, 2.24) is 15.3 Å². The fraction of sp³-hybridized carbons (Fsp3) is 0.312. The molecule has 0 saturated heterocycles. The van der Waals surface area contributed by atoms with E-state index in [9.17, 15) is 4.79 Å². The minimum Gasteiger partial charge on any atom is -0.355 e. The Hall–Kier alpha value is -1.88. The number of nitrogens with zero attached hydrogens (tertiary/aromatic N) is 2. The number of pyridine rings is 2. The van der Waals surface area contributed by atoms with E-state index in [1.54, 1.807) is 12.4 Å². The molecule has 1 atom stereocenters. The molecule has 5 heteroatoms. The largest absolute Gasteiger partial charge is 0.355 e. The number of hydrogen-bond acceptors (Lipinski definition) is 4. The maximum atomic E-state index is 12.0. The molecule has 21 heavy (non-hydrogen) atoms. The molecule has 0 bridgehead atoms. The van der Waals surface area contributed by atoms with Gasteiger partial charge < -0.3 is 5.32 Å². The Bertz CT molecular complexity index is 548. The third-order valence-corrected chi connectivity index (χ3v) is 3.99. The van der Waals surface area contributed by atoms with Gasteiger partial charge in [-0.1, -0.05) is 23.9 Å². The van der Waals surface area contributed by atoms with E-state index in [2.05, 4.69) is 15.3 Å². The zero-order valence-corrected chi connectivity index (χ0v) is 12.8. The standard InChI is InChI=1S/C16H19N3OS/c1-13(21-15-9-3-5-11-18-15)16(20)19-12-6-8-14-7-2-4-10-17-14/h2-5,7,9-11,13H,6,8,12H2,1H3,(H,19,20)/t13-/m0/s1. The zero-order chi connectivity index (χ0) is 14.9. The van der Waals surface area contributed by atoms with Crippen LogP contribution in [0, 0.1) is 0 Å². The molecule has 1 N–H and O–H groups in total. The van der Waals surface area contributed by atoms with Crippen molar-refractivity contribution in [3.8, 4) is 0 Å². The molecule has 0 radical (unpaired) electrons. The van der Waals surface area contributed by atoms with Crippen LogP contribution in [0.25, 0.3) is 0 Å². The van der Waals surface area contributed by atoms with Crippen LogP contribution >= 0.6 is 11.8 Å². The van der Waals surface area contributed by atoms with Crippen LogP contribution in [0.15, 0.2) is 53.8 Å². The molecule has 4 nitrogen and oxygen atoms in total. The lowest BCUT2D eigenvalue weighted by atomic mass is 10.2. The van der Waals surface area contributed by atoms with Gasteiger partial charge in [-0.05, 0) is 44.0 Å². The third kappa shape index (κ3) is 5.55. The van der Waals surface area contributed by atoms with E-state index in [1.807, 2.05) is 43.3 Å². The number of nitrogens with one attached hydrogen (secondary N) is 1. The van der Waals surface area contributed by atoms with Crippen molar-refractivity contribution in [2.45, 2.75) is 30.0 Å². The van der Waals surface area contributed by atoms with Crippen molar-refractivity contribution < 1.29 is 4.79 Å². The SMILES string of the molecule is C[C@H](Sc1ccccn1)C(=O)NCCCc1ccccn1. The average Bonchev–Trinajstić information content (AvgIpc) is 2.53. The van der Waals surface area contributed by atoms with Gasteiger partial charge in [-0.2, -0.15) is 0 Å². The molecule has 0 unspecified atom stereocenters. The third-order valence-electron chi connectivity index (χ3n) is 2.94. The van der Waals surface area contributed by atoms with Crippen LogP contribution in [-0.2, 0) is 11.2 Å². The van der Waals surface area contributed by atoms with Gasteiger partial charge in [0, 0.05) is 24.6 Å². The highest BCUT2D eigenvalue weighted by Crippen LogP contribution is 2.20. The molecule has 0 spiro atoms. The summed E-state index contributed by atoms with van der Waals surface area (Å²) in [6, 6.07) is 11.6. The minimum atomic E-state index is -0.144. The minimum absolute atomic E-state index is 0.0478. The van der Waals surface area contributed by atoms with Crippen LogP contribution in [0.4, 0.5) is 0 Å². The molecule has 2 aromatic rings. The van der Waals surface area contributed by atoms with Gasteiger partial charge in [-0.3, -0.25) is 9.78 Å². The summed E-state index contributed by atoms with van der Waals surface area (Å²) < 4.78 is 0. The van der Waals surface area contributed by atoms with Crippen LogP contribution in [0.2, 0.25) is 0 Å². The monoisotopic (exact) mass is 301 g/mol. The molecule has 0 aliphatic carbocycles. The quantitative estimate of drug-likeness (QED) is 0.631. The number of carbonyl (C=O) groups excluding carboxylic acids is 1. The number of aromatic nitrogens is 2. The Balaban J connectivity index is 1.67. The predicted molar refractivity (Wildman–Crippen MR) is 85.1 cm³/mol. The highest BCUT2D eigenvalue weighted by atomic mass is 32.2. The van der Waals surface area contributed by atoms with E-state index in [0.29, 0.717) is 6.54 Å². The molecule has 0 aliphatic rings. The summed E-state index contributed by atoms with van der Waals surface area (Å²) in [5.74, 6) is 0.0478. The zero-order valence-electron chi connectivity index (χ0n) is 12.0. The van der Waals surface area contributed by atoms with Crippen LogP contribution in [-0.4, -0.2) is 27.7 Å². The summed E-state index contributed by atoms with van der Waals surface area (Å²) in [7, 11) is 0. The maximum absolute atomic E-state index is 12.0. The fourth-order valence-electron chi connectivity index (χ4n) is 1.82. The van der Waals surface area contributed by atoms with Crippen molar-refractivity contribution in [2.75, 3.05) is 6.54 Å². The predicted octanol–water partition coefficient (Wildman–Crippen LogP) is 2.71. The van der Waals surface area contributed by atoms with E-state index in [-0.39, 0.29) is 11.2 Å². The summed E-state index contributed by atoms with van der Waals surface area (Å²) in [6.07, 6.45) is 5.30. The van der Waals surface area contributed by atoms with Crippen molar-refractivity contribution in [1.29, 1.82) is 0 Å². The van der Waals surface area contributed by atoms with Gasteiger partial charge in [0.2, 0.25) is 5.91 Å². The maximum Gasteiger partial charge on any atom is 0.233 e. The molecule has 2 heterocycles. The summed E-state index contributed by atoms with van der Waals surface area (Å²) in [5.41, 5.74) is 1.06. The second-order valence-corrected chi connectivity index (χ2v) is 6.00. The lowest BCUT2D eigenvalue weighted by molar-refractivity contribution is -0.120. The highest BCUT2D eigenvalue weighted by molar-refractivity contribution is 8.00. The first-order valence-corrected chi connectivity index (χ1v) is 7.89. The topological polar surface area (TPSA) is 54.9 Å². The number of hydrogen-bond donors (Lipinski definition) is 1. The summed E-state index contributed by atoms with van der Waals surface area (Å²) in [4.78, 5) is 20.5. The fourth-order valence-corrected chi connectivity index (χ4v) is 2.65. The normalized spacial score (nSPS) is 11.9. The van der Waals surface area contributed by atoms with Crippen molar-refractivity contribution in [3.05, 3.63) is 54.5 Å². The number of amides is 1. The lowest BCUT2D eigenvalue weighted by Crippen LogP contribution is -2.31. The lowest BCUT2D eigenvalue weighted by Gasteiger charge is -2.11. The molecular weight excluding hydrogens is 282 g/mol. The first kappa shape index (κ1) is 15.5. The van der Waals surface area contributed by atoms with E-state index in [0.717, 1.165) is 23.6 Å². The first-order valence-electron chi connectivity index (χ1n) is 7.01. The van der Waals surface area contributed by atoms with Gasteiger partial charge in [0.15, 0.2) is 0 Å². The molecule has 0 fully saturated rings. The molecule has 0 aromatic carbocycles. The molecule has 0 saturated carbocycles. The number of aryl methyl sites for hydroxylation is 1. The second-order valence-electron chi connectivity index (χ2n) is 4.64. The smallest absolute Gasteiger partial charge is 0.233 e. The Morgan fingerprint density at radius 3 is 2.62 bits per heavy atom.